The van der Waals surface area contributed by atoms with Gasteiger partial charge >= 0.3 is 0 Å². The second-order valence-corrected chi connectivity index (χ2v) is 8.87. The summed E-state index contributed by atoms with van der Waals surface area (Å²) in [6, 6.07) is 15.7. The quantitative estimate of drug-likeness (QED) is 0.685. The number of anilines is 1. The Bertz CT molecular complexity index is 1220. The maximum Gasteiger partial charge on any atom is 0.254 e. The predicted molar refractivity (Wildman–Crippen MR) is 119 cm³/mol. The summed E-state index contributed by atoms with van der Waals surface area (Å²) in [7, 11) is 0. The molecule has 0 radical (unpaired) electrons. The lowest BCUT2D eigenvalue weighted by Gasteiger charge is -2.32. The molecular weight excluding hydrogens is 410 g/mol. The van der Waals surface area contributed by atoms with Gasteiger partial charge in [-0.1, -0.05) is 48.2 Å². The molecule has 3 aromatic rings. The van der Waals surface area contributed by atoms with E-state index in [1.807, 2.05) is 47.0 Å². The van der Waals surface area contributed by atoms with Gasteiger partial charge in [-0.05, 0) is 29.7 Å². The third-order valence-corrected chi connectivity index (χ3v) is 6.88. The van der Waals surface area contributed by atoms with E-state index in [9.17, 15) is 14.9 Å². The molecule has 2 aliphatic heterocycles. The van der Waals surface area contributed by atoms with Crippen LogP contribution in [0.15, 0.2) is 47.6 Å². The second kappa shape index (κ2) is 8.08. The van der Waals surface area contributed by atoms with Crippen molar-refractivity contribution in [1.82, 2.24) is 14.5 Å². The first-order valence-corrected chi connectivity index (χ1v) is 11.4. The van der Waals surface area contributed by atoms with Gasteiger partial charge in [0, 0.05) is 31.0 Å². The van der Waals surface area contributed by atoms with Crippen molar-refractivity contribution >= 4 is 40.2 Å². The van der Waals surface area contributed by atoms with E-state index in [4.69, 9.17) is 0 Å². The van der Waals surface area contributed by atoms with Gasteiger partial charge in [-0.3, -0.25) is 9.59 Å². The van der Waals surface area contributed by atoms with Crippen molar-refractivity contribution in [3.63, 3.8) is 0 Å². The number of nitrogens with zero attached hydrogens (tertiary/aromatic N) is 4. The molecule has 1 N–H and O–H groups in total. The second-order valence-electron chi connectivity index (χ2n) is 7.81. The van der Waals surface area contributed by atoms with Gasteiger partial charge in [0.05, 0.1) is 5.92 Å². The van der Waals surface area contributed by atoms with E-state index >= 15 is 0 Å². The molecule has 0 saturated carbocycles. The summed E-state index contributed by atoms with van der Waals surface area (Å²) < 4.78 is 1.84. The number of benzene rings is 2. The first-order chi connectivity index (χ1) is 15.2. The number of imidazole rings is 1. The molecule has 1 saturated heterocycles. The van der Waals surface area contributed by atoms with Gasteiger partial charge in [0.25, 0.3) is 5.91 Å². The third kappa shape index (κ3) is 3.55. The van der Waals surface area contributed by atoms with Crippen LogP contribution in [0.3, 0.4) is 0 Å². The fourth-order valence-electron chi connectivity index (χ4n) is 4.36. The number of hydrogen-bond acceptors (Lipinski definition) is 5. The Morgan fingerprint density at radius 2 is 2.00 bits per heavy atom. The number of nitrogens with one attached hydrogen (secondary N) is 1. The molecule has 2 amide bonds. The van der Waals surface area contributed by atoms with Crippen molar-refractivity contribution in [3.8, 4) is 6.07 Å². The van der Waals surface area contributed by atoms with Crippen LogP contribution in [0.4, 0.5) is 5.82 Å². The van der Waals surface area contributed by atoms with Gasteiger partial charge in [0.15, 0.2) is 16.7 Å². The van der Waals surface area contributed by atoms with E-state index in [2.05, 4.69) is 16.4 Å². The highest BCUT2D eigenvalue weighted by Gasteiger charge is 2.31. The number of thioether (sulfide) groups is 1. The summed E-state index contributed by atoms with van der Waals surface area (Å²) in [6.45, 7) is 1.71. The Morgan fingerprint density at radius 1 is 1.16 bits per heavy atom. The zero-order valence-electron chi connectivity index (χ0n) is 16.9. The van der Waals surface area contributed by atoms with Crippen molar-refractivity contribution in [3.05, 3.63) is 53.7 Å². The summed E-state index contributed by atoms with van der Waals surface area (Å²) in [6.07, 6.45) is 1.46. The Kier molecular flexibility index (Phi) is 5.12. The summed E-state index contributed by atoms with van der Waals surface area (Å²) in [5.74, 6) is 0.646. The van der Waals surface area contributed by atoms with Crippen LogP contribution in [0, 0.1) is 17.2 Å². The molecule has 0 spiro atoms. The maximum atomic E-state index is 13.3. The van der Waals surface area contributed by atoms with Gasteiger partial charge in [-0.15, -0.1) is 0 Å². The minimum absolute atomic E-state index is 0.0515. The third-order valence-electron chi connectivity index (χ3n) is 5.93. The zero-order chi connectivity index (χ0) is 21.4. The van der Waals surface area contributed by atoms with Crippen LogP contribution in [0.1, 0.15) is 28.9 Å². The average Bonchev–Trinajstić information content (AvgIpc) is 3.39. The molecule has 156 valence electrons. The molecule has 0 aliphatic carbocycles. The molecule has 3 heterocycles. The van der Waals surface area contributed by atoms with Crippen LogP contribution in [-0.4, -0.2) is 45.1 Å². The minimum Gasteiger partial charge on any atom is -0.338 e. The fourth-order valence-corrected chi connectivity index (χ4v) is 5.31. The standard InChI is InChI=1S/C23H21N5O2S/c24-13-19-20(26-23-28(19)11-12-31-23)25-21(29)16-7-4-10-27(14-16)22(30)18-9-3-6-15-5-1-2-8-17(15)18/h1-3,5-6,8-9,16H,4,7,10-12,14H2,(H,25,29). The predicted octanol–water partition coefficient (Wildman–Crippen LogP) is 3.50. The minimum atomic E-state index is -0.330. The lowest BCUT2D eigenvalue weighted by Crippen LogP contribution is -2.43. The van der Waals surface area contributed by atoms with Gasteiger partial charge < -0.3 is 14.8 Å². The first kappa shape index (κ1) is 19.6. The summed E-state index contributed by atoms with van der Waals surface area (Å²) in [5.41, 5.74) is 1.06. The summed E-state index contributed by atoms with van der Waals surface area (Å²) >= 11 is 1.58. The first-order valence-electron chi connectivity index (χ1n) is 10.4. The Morgan fingerprint density at radius 3 is 2.87 bits per heavy atom. The summed E-state index contributed by atoms with van der Waals surface area (Å²) in [5, 5.41) is 15.1. The van der Waals surface area contributed by atoms with E-state index < -0.39 is 0 Å². The van der Waals surface area contributed by atoms with E-state index in [0.29, 0.717) is 36.6 Å². The molecule has 8 heteroatoms. The SMILES string of the molecule is N#Cc1c(NC(=O)C2CCCN(C(=O)c3cccc4ccccc34)C2)nc2n1CCS2. The lowest BCUT2D eigenvalue weighted by atomic mass is 9.95. The zero-order valence-corrected chi connectivity index (χ0v) is 17.7. The highest BCUT2D eigenvalue weighted by Crippen LogP contribution is 2.31. The van der Waals surface area contributed by atoms with Crippen LogP contribution in [-0.2, 0) is 11.3 Å². The number of amides is 2. The molecular formula is C23H21N5O2S. The molecule has 1 aromatic heterocycles. The molecule has 5 rings (SSSR count). The van der Waals surface area contributed by atoms with E-state index in [1.165, 1.54) is 0 Å². The number of carbonyl (C=O) groups is 2. The highest BCUT2D eigenvalue weighted by molar-refractivity contribution is 7.99. The Hall–Kier alpha value is -3.31. The van der Waals surface area contributed by atoms with Crippen molar-refractivity contribution in [1.29, 1.82) is 5.26 Å². The molecule has 1 atom stereocenters. The van der Waals surface area contributed by atoms with Crippen molar-refractivity contribution in [2.24, 2.45) is 5.92 Å². The maximum absolute atomic E-state index is 13.3. The smallest absolute Gasteiger partial charge is 0.254 e. The lowest BCUT2D eigenvalue weighted by molar-refractivity contribution is -0.121. The van der Waals surface area contributed by atoms with Crippen molar-refractivity contribution in [2.45, 2.75) is 24.5 Å². The number of fused-ring (bicyclic) bond motifs is 2. The molecule has 1 fully saturated rings. The molecule has 2 aliphatic rings. The number of nitriles is 1. The number of aromatic nitrogens is 2. The fraction of sp³-hybridized carbons (Fsp3) is 0.304. The van der Waals surface area contributed by atoms with Crippen molar-refractivity contribution in [2.75, 3.05) is 24.2 Å². The monoisotopic (exact) mass is 431 g/mol. The number of likely N-dealkylation sites (tertiary alicyclic amines) is 1. The van der Waals surface area contributed by atoms with Crippen molar-refractivity contribution < 1.29 is 9.59 Å². The van der Waals surface area contributed by atoms with Gasteiger partial charge in [-0.25, -0.2) is 4.98 Å². The van der Waals surface area contributed by atoms with Gasteiger partial charge in [-0.2, -0.15) is 5.26 Å². The number of rotatable bonds is 3. The van der Waals surface area contributed by atoms with Crippen LogP contribution in [0.25, 0.3) is 10.8 Å². The van der Waals surface area contributed by atoms with Gasteiger partial charge in [0.1, 0.15) is 6.07 Å². The van der Waals surface area contributed by atoms with E-state index in [0.717, 1.165) is 34.6 Å². The number of piperidine rings is 1. The number of hydrogen-bond donors (Lipinski definition) is 1. The normalized spacial score (nSPS) is 17.9. The Labute approximate surface area is 184 Å². The van der Waals surface area contributed by atoms with Crippen LogP contribution in [0.2, 0.25) is 0 Å². The molecule has 1 unspecified atom stereocenters. The largest absolute Gasteiger partial charge is 0.338 e. The van der Waals surface area contributed by atoms with E-state index in [-0.39, 0.29) is 17.7 Å². The van der Waals surface area contributed by atoms with Gasteiger partial charge in [0.2, 0.25) is 5.91 Å². The topological polar surface area (TPSA) is 91.0 Å². The Balaban J connectivity index is 1.33. The molecule has 2 aromatic carbocycles. The van der Waals surface area contributed by atoms with E-state index in [1.54, 1.807) is 16.7 Å². The molecule has 31 heavy (non-hydrogen) atoms. The van der Waals surface area contributed by atoms with Crippen LogP contribution >= 0.6 is 11.8 Å². The highest BCUT2D eigenvalue weighted by atomic mass is 32.2. The molecule has 7 nitrogen and oxygen atoms in total. The van der Waals surface area contributed by atoms with Crippen LogP contribution in [0.5, 0.6) is 0 Å². The van der Waals surface area contributed by atoms with Crippen LogP contribution < -0.4 is 5.32 Å². The molecule has 0 bridgehead atoms. The summed E-state index contributed by atoms with van der Waals surface area (Å²) in [4.78, 5) is 32.4. The number of carbonyl (C=O) groups excluding carboxylic acids is 2. The average molecular weight is 432 g/mol.